The summed E-state index contributed by atoms with van der Waals surface area (Å²) in [5.74, 6) is -0.126. The van der Waals surface area contributed by atoms with E-state index in [4.69, 9.17) is 5.11 Å². The van der Waals surface area contributed by atoms with E-state index in [1.807, 2.05) is 32.6 Å². The number of aliphatic hydroxyl groups is 1. The summed E-state index contributed by atoms with van der Waals surface area (Å²) >= 11 is 1.43. The zero-order valence-electron chi connectivity index (χ0n) is 13.1. The van der Waals surface area contributed by atoms with Crippen LogP contribution in [0.25, 0.3) is 0 Å². The van der Waals surface area contributed by atoms with E-state index in [1.165, 1.54) is 11.3 Å². The van der Waals surface area contributed by atoms with E-state index in [0.717, 1.165) is 10.4 Å². The third-order valence-electron chi connectivity index (χ3n) is 3.43. The number of nitrogens with zero attached hydrogens (tertiary/aromatic N) is 2. The van der Waals surface area contributed by atoms with Gasteiger partial charge in [-0.25, -0.2) is 0 Å². The SMILES string of the molecule is Cc1sc(NC(=O)CN(CCCO)C(C)C)c(C#N)c1C. The molecule has 0 fully saturated rings. The van der Waals surface area contributed by atoms with Crippen molar-refractivity contribution in [3.63, 3.8) is 0 Å². The third kappa shape index (κ3) is 4.81. The van der Waals surface area contributed by atoms with Crippen LogP contribution in [0.4, 0.5) is 5.00 Å². The summed E-state index contributed by atoms with van der Waals surface area (Å²) in [4.78, 5) is 15.2. The smallest absolute Gasteiger partial charge is 0.239 e. The number of anilines is 1. The Morgan fingerprint density at radius 3 is 2.67 bits per heavy atom. The summed E-state index contributed by atoms with van der Waals surface area (Å²) in [6.07, 6.45) is 0.645. The van der Waals surface area contributed by atoms with Gasteiger partial charge in [-0.1, -0.05) is 0 Å². The molecule has 0 aromatic carbocycles. The number of hydrogen-bond acceptors (Lipinski definition) is 5. The van der Waals surface area contributed by atoms with Gasteiger partial charge in [-0.2, -0.15) is 5.26 Å². The van der Waals surface area contributed by atoms with Gasteiger partial charge in [0.15, 0.2) is 0 Å². The molecular weight excluding hydrogens is 286 g/mol. The lowest BCUT2D eigenvalue weighted by Gasteiger charge is -2.25. The van der Waals surface area contributed by atoms with Gasteiger partial charge in [0, 0.05) is 24.1 Å². The van der Waals surface area contributed by atoms with Gasteiger partial charge < -0.3 is 10.4 Å². The Labute approximate surface area is 130 Å². The van der Waals surface area contributed by atoms with Crippen molar-refractivity contribution in [2.45, 2.75) is 40.2 Å². The molecule has 0 aliphatic rings. The Bertz CT molecular complexity index is 532. The maximum absolute atomic E-state index is 12.2. The molecular formula is C15H23N3O2S. The Balaban J connectivity index is 2.73. The molecule has 0 saturated carbocycles. The number of aryl methyl sites for hydroxylation is 1. The first-order chi connectivity index (χ1) is 9.90. The fourth-order valence-electron chi connectivity index (χ4n) is 1.99. The van der Waals surface area contributed by atoms with E-state index in [-0.39, 0.29) is 25.1 Å². The van der Waals surface area contributed by atoms with E-state index in [0.29, 0.717) is 23.5 Å². The first kappa shape index (κ1) is 17.6. The van der Waals surface area contributed by atoms with Crippen molar-refractivity contribution in [1.82, 2.24) is 4.90 Å². The zero-order valence-corrected chi connectivity index (χ0v) is 13.9. The first-order valence-electron chi connectivity index (χ1n) is 7.05. The minimum Gasteiger partial charge on any atom is -0.396 e. The van der Waals surface area contributed by atoms with Crippen molar-refractivity contribution in [1.29, 1.82) is 5.26 Å². The van der Waals surface area contributed by atoms with Crippen LogP contribution in [-0.4, -0.2) is 41.7 Å². The fourth-order valence-corrected chi connectivity index (χ4v) is 3.02. The molecule has 21 heavy (non-hydrogen) atoms. The molecule has 0 unspecified atom stereocenters. The first-order valence-corrected chi connectivity index (χ1v) is 7.87. The number of carbonyl (C=O) groups excluding carboxylic acids is 1. The minimum atomic E-state index is -0.126. The molecule has 116 valence electrons. The fraction of sp³-hybridized carbons (Fsp3) is 0.600. The van der Waals surface area contributed by atoms with Gasteiger partial charge in [0.2, 0.25) is 5.91 Å². The number of aliphatic hydroxyl groups excluding tert-OH is 1. The average molecular weight is 309 g/mol. The van der Waals surface area contributed by atoms with Gasteiger partial charge in [0.05, 0.1) is 12.1 Å². The van der Waals surface area contributed by atoms with Crippen LogP contribution < -0.4 is 5.32 Å². The Morgan fingerprint density at radius 1 is 1.48 bits per heavy atom. The van der Waals surface area contributed by atoms with Crippen molar-refractivity contribution in [3.8, 4) is 6.07 Å². The number of amides is 1. The molecule has 5 nitrogen and oxygen atoms in total. The highest BCUT2D eigenvalue weighted by Gasteiger charge is 2.17. The highest BCUT2D eigenvalue weighted by atomic mass is 32.1. The number of carbonyl (C=O) groups is 1. The molecule has 1 aromatic rings. The molecule has 0 bridgehead atoms. The van der Waals surface area contributed by atoms with Gasteiger partial charge in [0.25, 0.3) is 0 Å². The second-order valence-electron chi connectivity index (χ2n) is 5.29. The van der Waals surface area contributed by atoms with E-state index >= 15 is 0 Å². The molecule has 1 aromatic heterocycles. The normalized spacial score (nSPS) is 11.0. The molecule has 1 amide bonds. The van der Waals surface area contributed by atoms with E-state index in [9.17, 15) is 10.1 Å². The summed E-state index contributed by atoms with van der Waals surface area (Å²) in [6, 6.07) is 2.38. The number of thiophene rings is 1. The lowest BCUT2D eigenvalue weighted by atomic mass is 10.2. The molecule has 0 atom stereocenters. The lowest BCUT2D eigenvalue weighted by Crippen LogP contribution is -2.38. The van der Waals surface area contributed by atoms with Crippen molar-refractivity contribution in [2.75, 3.05) is 25.0 Å². The molecule has 2 N–H and O–H groups in total. The highest BCUT2D eigenvalue weighted by molar-refractivity contribution is 7.16. The van der Waals surface area contributed by atoms with Gasteiger partial charge in [0.1, 0.15) is 11.1 Å². The van der Waals surface area contributed by atoms with Crippen LogP contribution in [0.15, 0.2) is 0 Å². The van der Waals surface area contributed by atoms with Crippen LogP contribution in [-0.2, 0) is 4.79 Å². The summed E-state index contributed by atoms with van der Waals surface area (Å²) in [5, 5.41) is 21.6. The standard InChI is InChI=1S/C15H23N3O2S/c1-10(2)18(6-5-7-19)9-14(20)17-15-13(8-16)11(3)12(4)21-15/h10,19H,5-7,9H2,1-4H3,(H,17,20). The van der Waals surface area contributed by atoms with Gasteiger partial charge >= 0.3 is 0 Å². The van der Waals surface area contributed by atoms with Crippen LogP contribution in [0.2, 0.25) is 0 Å². The zero-order chi connectivity index (χ0) is 16.0. The number of hydrogen-bond donors (Lipinski definition) is 2. The molecule has 1 heterocycles. The van der Waals surface area contributed by atoms with Gasteiger partial charge in [-0.05, 0) is 39.7 Å². The van der Waals surface area contributed by atoms with Crippen molar-refractivity contribution in [3.05, 3.63) is 16.0 Å². The molecule has 0 aliphatic heterocycles. The topological polar surface area (TPSA) is 76.4 Å². The number of rotatable bonds is 7. The minimum absolute atomic E-state index is 0.118. The monoisotopic (exact) mass is 309 g/mol. The van der Waals surface area contributed by atoms with Crippen molar-refractivity contribution in [2.24, 2.45) is 0 Å². The summed E-state index contributed by atoms with van der Waals surface area (Å²) < 4.78 is 0. The van der Waals surface area contributed by atoms with Crippen molar-refractivity contribution >= 4 is 22.2 Å². The number of nitriles is 1. The predicted octanol–water partition coefficient (Wildman–Crippen LogP) is 2.27. The van der Waals surface area contributed by atoms with Crippen molar-refractivity contribution < 1.29 is 9.90 Å². The van der Waals surface area contributed by atoms with Crippen LogP contribution >= 0.6 is 11.3 Å². The molecule has 0 saturated heterocycles. The quantitative estimate of drug-likeness (QED) is 0.810. The highest BCUT2D eigenvalue weighted by Crippen LogP contribution is 2.31. The predicted molar refractivity (Wildman–Crippen MR) is 85.5 cm³/mol. The number of nitrogens with one attached hydrogen (secondary N) is 1. The van der Waals surface area contributed by atoms with E-state index in [2.05, 4.69) is 11.4 Å². The molecule has 1 rings (SSSR count). The largest absolute Gasteiger partial charge is 0.396 e. The molecule has 0 spiro atoms. The second-order valence-corrected chi connectivity index (χ2v) is 6.51. The van der Waals surface area contributed by atoms with E-state index in [1.54, 1.807) is 0 Å². The molecule has 0 aliphatic carbocycles. The molecule has 0 radical (unpaired) electrons. The summed E-state index contributed by atoms with van der Waals surface area (Å²) in [6.45, 7) is 8.93. The Kier molecular flexibility index (Phi) is 6.82. The maximum atomic E-state index is 12.2. The summed E-state index contributed by atoms with van der Waals surface area (Å²) in [7, 11) is 0. The van der Waals surface area contributed by atoms with Crippen LogP contribution in [0, 0.1) is 25.2 Å². The Morgan fingerprint density at radius 2 is 2.14 bits per heavy atom. The van der Waals surface area contributed by atoms with Gasteiger partial charge in [-0.3, -0.25) is 9.69 Å². The maximum Gasteiger partial charge on any atom is 0.239 e. The second kappa shape index (κ2) is 8.13. The van der Waals surface area contributed by atoms with Gasteiger partial charge in [-0.15, -0.1) is 11.3 Å². The Hall–Kier alpha value is -1.42. The van der Waals surface area contributed by atoms with Crippen LogP contribution in [0.3, 0.4) is 0 Å². The van der Waals surface area contributed by atoms with Crippen LogP contribution in [0.1, 0.15) is 36.3 Å². The third-order valence-corrected chi connectivity index (χ3v) is 4.55. The summed E-state index contributed by atoms with van der Waals surface area (Å²) in [5.41, 5.74) is 1.48. The van der Waals surface area contributed by atoms with Crippen LogP contribution in [0.5, 0.6) is 0 Å². The lowest BCUT2D eigenvalue weighted by molar-refractivity contribution is -0.117. The van der Waals surface area contributed by atoms with E-state index < -0.39 is 0 Å². The average Bonchev–Trinajstić information content (AvgIpc) is 2.68. The molecule has 6 heteroatoms.